The molecule has 2 heterocycles. The summed E-state index contributed by atoms with van der Waals surface area (Å²) in [7, 11) is 5.13. The molecule has 0 saturated heterocycles. The minimum Gasteiger partial charge on any atom is -0.484 e. The van der Waals surface area contributed by atoms with E-state index in [1.165, 1.54) is 4.90 Å². The van der Waals surface area contributed by atoms with Gasteiger partial charge in [-0.25, -0.2) is 4.98 Å². The van der Waals surface area contributed by atoms with E-state index >= 15 is 0 Å². The molecule has 1 aromatic carbocycles. The van der Waals surface area contributed by atoms with Gasteiger partial charge in [-0.05, 0) is 66.2 Å². The van der Waals surface area contributed by atoms with Crippen LogP contribution in [-0.2, 0) is 4.79 Å². The molecular weight excluding hydrogens is 492 g/mol. The Hall–Kier alpha value is -4.86. The van der Waals surface area contributed by atoms with Crippen LogP contribution in [0.15, 0.2) is 78.5 Å². The molecule has 0 unspecified atom stereocenters. The van der Waals surface area contributed by atoms with Gasteiger partial charge in [0.15, 0.2) is 6.61 Å². The van der Waals surface area contributed by atoms with Crippen molar-refractivity contribution in [2.45, 2.75) is 13.8 Å². The number of rotatable bonds is 11. The maximum Gasteiger partial charge on any atom is 0.259 e. The first-order chi connectivity index (χ1) is 18.6. The summed E-state index contributed by atoms with van der Waals surface area (Å²) >= 11 is 0. The van der Waals surface area contributed by atoms with E-state index < -0.39 is 0 Å². The fourth-order valence-electron chi connectivity index (χ4n) is 3.59. The number of carbonyl (C=O) groups is 1. The minimum atomic E-state index is -0.131. The Morgan fingerprint density at radius 2 is 1.85 bits per heavy atom. The van der Waals surface area contributed by atoms with Gasteiger partial charge in [0.1, 0.15) is 17.4 Å². The molecule has 39 heavy (non-hydrogen) atoms. The Balaban J connectivity index is 1.84. The van der Waals surface area contributed by atoms with Crippen molar-refractivity contribution in [3.63, 3.8) is 0 Å². The van der Waals surface area contributed by atoms with Gasteiger partial charge in [0.05, 0.1) is 16.7 Å². The Labute approximate surface area is 229 Å². The molecule has 0 aliphatic rings. The van der Waals surface area contributed by atoms with Crippen LogP contribution in [0.2, 0.25) is 0 Å². The highest BCUT2D eigenvalue weighted by Gasteiger charge is 2.14. The van der Waals surface area contributed by atoms with Gasteiger partial charge < -0.3 is 31.7 Å². The lowest BCUT2D eigenvalue weighted by Gasteiger charge is -2.13. The first kappa shape index (κ1) is 28.7. The monoisotopic (exact) mass is 528 g/mol. The highest BCUT2D eigenvalue weighted by molar-refractivity contribution is 6.30. The third kappa shape index (κ3) is 7.57. The molecule has 0 spiro atoms. The average molecular weight is 529 g/mol. The number of ether oxygens (including phenoxy) is 1. The first-order valence-corrected chi connectivity index (χ1v) is 12.5. The van der Waals surface area contributed by atoms with Gasteiger partial charge in [0.2, 0.25) is 0 Å². The molecule has 0 bridgehead atoms. The summed E-state index contributed by atoms with van der Waals surface area (Å²) in [6.07, 6.45) is 6.80. The first-order valence-electron chi connectivity index (χ1n) is 12.5. The van der Waals surface area contributed by atoms with Crippen LogP contribution in [0.4, 0.5) is 5.82 Å². The molecule has 3 rings (SSSR count). The lowest BCUT2D eigenvalue weighted by molar-refractivity contribution is -0.130. The number of aromatic nitrogens is 2. The van der Waals surface area contributed by atoms with Crippen LogP contribution in [0.25, 0.3) is 16.6 Å². The maximum atomic E-state index is 11.8. The summed E-state index contributed by atoms with van der Waals surface area (Å²) in [6, 6.07) is 12.6. The van der Waals surface area contributed by atoms with Crippen molar-refractivity contribution >= 4 is 34.0 Å². The van der Waals surface area contributed by atoms with Crippen LogP contribution in [-0.4, -0.2) is 54.2 Å². The molecule has 0 aliphatic heterocycles. The maximum absolute atomic E-state index is 11.8. The quantitative estimate of drug-likeness (QED) is 0.187. The van der Waals surface area contributed by atoms with Crippen molar-refractivity contribution < 1.29 is 9.53 Å². The number of nitrogens with two attached hydrogens (primary N) is 2. The summed E-state index contributed by atoms with van der Waals surface area (Å²) in [5.41, 5.74) is 16.5. The van der Waals surface area contributed by atoms with Crippen molar-refractivity contribution in [3.05, 3.63) is 89.7 Å². The number of benzene rings is 1. The van der Waals surface area contributed by atoms with Crippen molar-refractivity contribution in [3.8, 4) is 5.75 Å². The van der Waals surface area contributed by atoms with Gasteiger partial charge in [0, 0.05) is 50.2 Å². The van der Waals surface area contributed by atoms with E-state index in [4.69, 9.17) is 21.6 Å². The van der Waals surface area contributed by atoms with E-state index in [0.717, 1.165) is 11.1 Å². The number of hydrogen-bond acceptors (Lipinski definition) is 9. The molecule has 204 valence electrons. The van der Waals surface area contributed by atoms with Crippen LogP contribution in [0.1, 0.15) is 25.0 Å². The summed E-state index contributed by atoms with van der Waals surface area (Å²) in [5.74, 6) is 1.64. The summed E-state index contributed by atoms with van der Waals surface area (Å²) in [5, 5.41) is 15.0. The van der Waals surface area contributed by atoms with E-state index in [2.05, 4.69) is 20.6 Å². The zero-order valence-electron chi connectivity index (χ0n) is 22.9. The minimum absolute atomic E-state index is 0.0502. The van der Waals surface area contributed by atoms with Crippen LogP contribution < -0.4 is 26.8 Å². The standard InChI is InChI=1S/C29H36N8O2/c1-18(2)20(14-30)13-26(31)36-27-11-10-24-25(35-27)12-21(15-34-24)23(16-33-3)29(32)19-6-8-22(9-7-19)39-17-28(38)37(4)5/h6-16,18,32-33H,17,30-31H2,1-5H3,(H,35,36)/b20-14+,23-16-,26-13+,32-29?. The zero-order valence-corrected chi connectivity index (χ0v) is 22.9. The van der Waals surface area contributed by atoms with Gasteiger partial charge in [-0.1, -0.05) is 13.8 Å². The Kier molecular flexibility index (Phi) is 9.63. The molecule has 10 heteroatoms. The van der Waals surface area contributed by atoms with Gasteiger partial charge in [0.25, 0.3) is 5.91 Å². The van der Waals surface area contributed by atoms with Gasteiger partial charge in [-0.15, -0.1) is 0 Å². The number of amides is 1. The van der Waals surface area contributed by atoms with Crippen LogP contribution in [0.3, 0.4) is 0 Å². The molecule has 2 aromatic heterocycles. The molecule has 10 nitrogen and oxygen atoms in total. The second kappa shape index (κ2) is 13.1. The van der Waals surface area contributed by atoms with Gasteiger partial charge in [-0.2, -0.15) is 0 Å². The van der Waals surface area contributed by atoms with Crippen molar-refractivity contribution in [1.29, 1.82) is 5.41 Å². The fraction of sp³-hybridized carbons (Fsp3) is 0.241. The second-order valence-corrected chi connectivity index (χ2v) is 9.33. The Morgan fingerprint density at radius 3 is 2.46 bits per heavy atom. The molecule has 0 aliphatic carbocycles. The molecule has 0 radical (unpaired) electrons. The summed E-state index contributed by atoms with van der Waals surface area (Å²) < 4.78 is 5.55. The molecule has 0 atom stereocenters. The average Bonchev–Trinajstić information content (AvgIpc) is 2.92. The molecule has 7 N–H and O–H groups in total. The predicted molar refractivity (Wildman–Crippen MR) is 157 cm³/mol. The van der Waals surface area contributed by atoms with Crippen molar-refractivity contribution in [1.82, 2.24) is 20.2 Å². The van der Waals surface area contributed by atoms with Crippen molar-refractivity contribution in [2.24, 2.45) is 17.4 Å². The number of allylic oxidation sites excluding steroid dienone is 3. The van der Waals surface area contributed by atoms with Gasteiger partial charge in [-0.3, -0.25) is 15.2 Å². The number of fused-ring (bicyclic) bond motifs is 1. The smallest absolute Gasteiger partial charge is 0.259 e. The highest BCUT2D eigenvalue weighted by atomic mass is 16.5. The number of hydrogen-bond donors (Lipinski definition) is 5. The SMILES string of the molecule is CN/C=C(\C(=N)c1ccc(OCC(=O)N(C)C)cc1)c1cnc2ccc(N/C(N)=C/C(=C\N)C(C)C)nc2c1. The van der Waals surface area contributed by atoms with Crippen molar-refractivity contribution in [2.75, 3.05) is 33.1 Å². The Morgan fingerprint density at radius 1 is 1.13 bits per heavy atom. The summed E-state index contributed by atoms with van der Waals surface area (Å²) in [6.45, 7) is 4.02. The predicted octanol–water partition coefficient (Wildman–Crippen LogP) is 3.44. The van der Waals surface area contributed by atoms with E-state index in [1.54, 1.807) is 76.1 Å². The van der Waals surface area contributed by atoms with Gasteiger partial charge >= 0.3 is 0 Å². The topological polar surface area (TPSA) is 155 Å². The molecule has 0 fully saturated rings. The van der Waals surface area contributed by atoms with E-state index in [1.807, 2.05) is 26.0 Å². The number of nitrogens with one attached hydrogen (secondary N) is 3. The molecule has 1 amide bonds. The molecular formula is C29H36N8O2. The van der Waals surface area contributed by atoms with E-state index in [9.17, 15) is 4.79 Å². The third-order valence-electron chi connectivity index (χ3n) is 5.86. The van der Waals surface area contributed by atoms with Crippen LogP contribution >= 0.6 is 0 Å². The lowest BCUT2D eigenvalue weighted by atomic mass is 9.97. The highest BCUT2D eigenvalue weighted by Crippen LogP contribution is 2.24. The van der Waals surface area contributed by atoms with E-state index in [-0.39, 0.29) is 24.1 Å². The summed E-state index contributed by atoms with van der Waals surface area (Å²) in [4.78, 5) is 22.5. The normalized spacial score (nSPS) is 12.4. The number of nitrogens with zero attached hydrogens (tertiary/aromatic N) is 3. The third-order valence-corrected chi connectivity index (χ3v) is 5.86. The number of anilines is 1. The number of carbonyl (C=O) groups excluding carboxylic acids is 1. The second-order valence-electron chi connectivity index (χ2n) is 9.33. The number of likely N-dealkylation sites (N-methyl/N-ethyl adjacent to an activating group) is 1. The van der Waals surface area contributed by atoms with E-state index in [0.29, 0.717) is 39.6 Å². The zero-order chi connectivity index (χ0) is 28.5. The molecule has 0 saturated carbocycles. The largest absolute Gasteiger partial charge is 0.484 e. The van der Waals surface area contributed by atoms with Crippen LogP contribution in [0.5, 0.6) is 5.75 Å². The van der Waals surface area contributed by atoms with Crippen LogP contribution in [0, 0.1) is 11.3 Å². The molecule has 3 aromatic rings. The Bertz CT molecular complexity index is 1420. The lowest BCUT2D eigenvalue weighted by Crippen LogP contribution is -2.27. The number of pyridine rings is 2. The fourth-order valence-corrected chi connectivity index (χ4v) is 3.59.